The van der Waals surface area contributed by atoms with Gasteiger partial charge in [0.25, 0.3) is 0 Å². The van der Waals surface area contributed by atoms with Crippen LogP contribution in [-0.2, 0) is 10.0 Å². The van der Waals surface area contributed by atoms with Gasteiger partial charge in [-0.05, 0) is 35.4 Å². The topological polar surface area (TPSA) is 80.4 Å². The molecule has 0 unspecified atom stereocenters. The third-order valence-electron chi connectivity index (χ3n) is 2.25. The summed E-state index contributed by atoms with van der Waals surface area (Å²) in [6.07, 6.45) is 2.72. The molecule has 0 aliphatic heterocycles. The van der Waals surface area contributed by atoms with Gasteiger partial charge in [0.1, 0.15) is 4.21 Å². The molecule has 1 aromatic rings. The monoisotopic (exact) mass is 281 g/mol. The standard InChI is InChI=1S/C9H15NO3S3/c1-14-4-2-7(6-11)8-3-5-15-9(8)16(10,12)13/h3,5,7,11H,2,4,6H2,1H3,(H2,10,12,13)/t7-/m1/s1. The molecule has 92 valence electrons. The van der Waals surface area contributed by atoms with E-state index < -0.39 is 10.0 Å². The third-order valence-corrected chi connectivity index (χ3v) is 5.35. The van der Waals surface area contributed by atoms with Crippen molar-refractivity contribution in [3.63, 3.8) is 0 Å². The molecule has 0 spiro atoms. The van der Waals surface area contributed by atoms with E-state index in [9.17, 15) is 13.5 Å². The third kappa shape index (κ3) is 3.46. The SMILES string of the molecule is CSCC[C@H](CO)c1ccsc1S(N)(=O)=O. The first-order chi connectivity index (χ1) is 7.50. The van der Waals surface area contributed by atoms with E-state index in [1.54, 1.807) is 23.2 Å². The molecule has 16 heavy (non-hydrogen) atoms. The molecule has 0 saturated heterocycles. The summed E-state index contributed by atoms with van der Waals surface area (Å²) in [5, 5.41) is 16.1. The van der Waals surface area contributed by atoms with Gasteiger partial charge in [-0.3, -0.25) is 0 Å². The van der Waals surface area contributed by atoms with Gasteiger partial charge < -0.3 is 5.11 Å². The minimum absolute atomic E-state index is 0.0557. The maximum atomic E-state index is 11.3. The fourth-order valence-electron chi connectivity index (χ4n) is 1.44. The highest BCUT2D eigenvalue weighted by atomic mass is 32.2. The van der Waals surface area contributed by atoms with Gasteiger partial charge in [0.05, 0.1) is 6.61 Å². The molecule has 0 saturated carbocycles. The maximum Gasteiger partial charge on any atom is 0.247 e. The van der Waals surface area contributed by atoms with Gasteiger partial charge in [0.2, 0.25) is 10.0 Å². The molecule has 0 fully saturated rings. The Morgan fingerprint density at radius 2 is 2.31 bits per heavy atom. The van der Waals surface area contributed by atoms with E-state index in [1.807, 2.05) is 6.26 Å². The zero-order valence-electron chi connectivity index (χ0n) is 8.92. The summed E-state index contributed by atoms with van der Waals surface area (Å²) in [4.78, 5) is 0. The zero-order valence-corrected chi connectivity index (χ0v) is 11.4. The van der Waals surface area contributed by atoms with Crippen molar-refractivity contribution >= 4 is 33.1 Å². The van der Waals surface area contributed by atoms with Crippen LogP contribution in [0, 0.1) is 0 Å². The van der Waals surface area contributed by atoms with Crippen LogP contribution in [0.2, 0.25) is 0 Å². The van der Waals surface area contributed by atoms with Crippen molar-refractivity contribution in [2.45, 2.75) is 16.5 Å². The molecule has 0 aromatic carbocycles. The second kappa shape index (κ2) is 6.02. The first-order valence-corrected chi connectivity index (χ1v) is 8.52. The zero-order chi connectivity index (χ0) is 12.2. The molecule has 1 atom stereocenters. The Bertz CT molecular complexity index is 427. The molecule has 0 amide bonds. The second-order valence-corrected chi connectivity index (χ2v) is 7.03. The van der Waals surface area contributed by atoms with Gasteiger partial charge in [-0.25, -0.2) is 13.6 Å². The number of nitrogens with two attached hydrogens (primary N) is 1. The maximum absolute atomic E-state index is 11.3. The molecule has 3 N–H and O–H groups in total. The molecule has 4 nitrogen and oxygen atoms in total. The summed E-state index contributed by atoms with van der Waals surface area (Å²) in [5.74, 6) is 0.734. The van der Waals surface area contributed by atoms with Gasteiger partial charge in [0, 0.05) is 5.92 Å². The fourth-order valence-corrected chi connectivity index (χ4v) is 3.94. The van der Waals surface area contributed by atoms with Gasteiger partial charge in [-0.15, -0.1) is 11.3 Å². The highest BCUT2D eigenvalue weighted by Crippen LogP contribution is 2.30. The first kappa shape index (κ1) is 14.0. The number of sulfonamides is 1. The molecule has 1 aromatic heterocycles. The Morgan fingerprint density at radius 3 is 2.81 bits per heavy atom. The van der Waals surface area contributed by atoms with Gasteiger partial charge in [-0.1, -0.05) is 0 Å². The average Bonchev–Trinajstić information content (AvgIpc) is 2.67. The number of aliphatic hydroxyl groups excluding tert-OH is 1. The normalized spacial score (nSPS) is 13.9. The summed E-state index contributed by atoms with van der Waals surface area (Å²) in [6, 6.07) is 1.73. The molecular weight excluding hydrogens is 266 g/mol. The van der Waals surface area contributed by atoms with Crippen molar-refractivity contribution in [2.24, 2.45) is 5.14 Å². The number of hydrogen-bond donors (Lipinski definition) is 2. The van der Waals surface area contributed by atoms with E-state index in [0.717, 1.165) is 23.5 Å². The van der Waals surface area contributed by atoms with Gasteiger partial charge in [-0.2, -0.15) is 11.8 Å². The molecule has 0 radical (unpaired) electrons. The molecule has 1 rings (SSSR count). The van der Waals surface area contributed by atoms with Crippen LogP contribution in [-0.4, -0.2) is 32.1 Å². The number of rotatable bonds is 6. The Morgan fingerprint density at radius 1 is 1.62 bits per heavy atom. The van der Waals surface area contributed by atoms with Crippen molar-refractivity contribution in [1.29, 1.82) is 0 Å². The van der Waals surface area contributed by atoms with E-state index in [-0.39, 0.29) is 16.7 Å². The predicted molar refractivity (Wildman–Crippen MR) is 68.5 cm³/mol. The van der Waals surface area contributed by atoms with Crippen LogP contribution in [0.4, 0.5) is 0 Å². The van der Waals surface area contributed by atoms with Crippen molar-refractivity contribution < 1.29 is 13.5 Å². The molecular formula is C9H15NO3S3. The summed E-state index contributed by atoms with van der Waals surface area (Å²) in [7, 11) is -3.67. The van der Waals surface area contributed by atoms with Crippen LogP contribution in [0.5, 0.6) is 0 Å². The molecule has 1 heterocycles. The number of thioether (sulfide) groups is 1. The minimum Gasteiger partial charge on any atom is -0.396 e. The number of primary sulfonamides is 1. The predicted octanol–water partition coefficient (Wildman–Crippen LogP) is 1.22. The highest BCUT2D eigenvalue weighted by molar-refractivity contribution is 7.98. The van der Waals surface area contributed by atoms with Crippen LogP contribution < -0.4 is 5.14 Å². The van der Waals surface area contributed by atoms with Crippen LogP contribution >= 0.6 is 23.1 Å². The van der Waals surface area contributed by atoms with E-state index in [4.69, 9.17) is 5.14 Å². The lowest BCUT2D eigenvalue weighted by Crippen LogP contribution is -2.15. The lowest BCUT2D eigenvalue weighted by atomic mass is 10.0. The van der Waals surface area contributed by atoms with Crippen LogP contribution in [0.3, 0.4) is 0 Å². The lowest BCUT2D eigenvalue weighted by molar-refractivity contribution is 0.262. The smallest absolute Gasteiger partial charge is 0.247 e. The molecule has 0 aliphatic rings. The lowest BCUT2D eigenvalue weighted by Gasteiger charge is -2.13. The summed E-state index contributed by atoms with van der Waals surface area (Å²) in [5.41, 5.74) is 0.643. The molecule has 0 aliphatic carbocycles. The summed E-state index contributed by atoms with van der Waals surface area (Å²) < 4.78 is 22.8. The minimum atomic E-state index is -3.67. The van der Waals surface area contributed by atoms with Crippen molar-refractivity contribution in [2.75, 3.05) is 18.6 Å². The Hall–Kier alpha value is -0.0800. The van der Waals surface area contributed by atoms with E-state index in [2.05, 4.69) is 0 Å². The van der Waals surface area contributed by atoms with Crippen molar-refractivity contribution in [1.82, 2.24) is 0 Å². The largest absolute Gasteiger partial charge is 0.396 e. The summed E-state index contributed by atoms with van der Waals surface area (Å²) >= 11 is 2.77. The van der Waals surface area contributed by atoms with E-state index in [0.29, 0.717) is 5.56 Å². The van der Waals surface area contributed by atoms with E-state index >= 15 is 0 Å². The average molecular weight is 281 g/mol. The van der Waals surface area contributed by atoms with Gasteiger partial charge >= 0.3 is 0 Å². The number of thiophene rings is 1. The van der Waals surface area contributed by atoms with Gasteiger partial charge in [0.15, 0.2) is 0 Å². The van der Waals surface area contributed by atoms with Crippen molar-refractivity contribution in [3.05, 3.63) is 17.0 Å². The van der Waals surface area contributed by atoms with Crippen LogP contribution in [0.25, 0.3) is 0 Å². The Kier molecular flexibility index (Phi) is 5.26. The fraction of sp³-hybridized carbons (Fsp3) is 0.556. The highest BCUT2D eigenvalue weighted by Gasteiger charge is 2.21. The van der Waals surface area contributed by atoms with Crippen molar-refractivity contribution in [3.8, 4) is 0 Å². The molecule has 7 heteroatoms. The number of hydrogen-bond acceptors (Lipinski definition) is 5. The quantitative estimate of drug-likeness (QED) is 0.821. The Balaban J connectivity index is 2.97. The molecule has 0 bridgehead atoms. The second-order valence-electron chi connectivity index (χ2n) is 3.37. The first-order valence-electron chi connectivity index (χ1n) is 4.70. The van der Waals surface area contributed by atoms with Crippen LogP contribution in [0.1, 0.15) is 17.9 Å². The number of aliphatic hydroxyl groups is 1. The van der Waals surface area contributed by atoms with Crippen LogP contribution in [0.15, 0.2) is 15.7 Å². The van der Waals surface area contributed by atoms with E-state index in [1.165, 1.54) is 0 Å². The summed E-state index contributed by atoms with van der Waals surface area (Å²) in [6.45, 7) is -0.0557. The Labute approximate surface area is 104 Å².